The first-order chi connectivity index (χ1) is 11.1. The molecule has 0 aliphatic heterocycles. The average molecular weight is 420 g/mol. The molecule has 4 nitrogen and oxygen atoms in total. The van der Waals surface area contributed by atoms with Crippen LogP contribution in [0.5, 0.6) is 5.75 Å². The molecule has 1 unspecified atom stereocenters. The zero-order valence-corrected chi connectivity index (χ0v) is 14.8. The van der Waals surface area contributed by atoms with Gasteiger partial charge in [-0.05, 0) is 45.9 Å². The maximum Gasteiger partial charge on any atom is 0.125 e. The van der Waals surface area contributed by atoms with E-state index in [2.05, 4.69) is 27.6 Å². The fraction of sp³-hybridized carbons (Fsp3) is 0.167. The van der Waals surface area contributed by atoms with Gasteiger partial charge in [-0.2, -0.15) is 0 Å². The van der Waals surface area contributed by atoms with E-state index in [0.717, 1.165) is 26.3 Å². The van der Waals surface area contributed by atoms with Crippen LogP contribution < -0.4 is 4.74 Å². The van der Waals surface area contributed by atoms with Crippen molar-refractivity contribution in [3.05, 3.63) is 81.4 Å². The smallest absolute Gasteiger partial charge is 0.125 e. The van der Waals surface area contributed by atoms with Gasteiger partial charge in [-0.3, -0.25) is 0 Å². The molecular formula is C18H17IN2O2. The summed E-state index contributed by atoms with van der Waals surface area (Å²) in [6, 6.07) is 17.6. The average Bonchev–Trinajstić information content (AvgIpc) is 2.92. The SMILES string of the molecule is Cn1cnc(I)c1C(O)c1ccc(OCc2ccccc2)cc1. The van der Waals surface area contributed by atoms with Crippen molar-refractivity contribution in [2.45, 2.75) is 12.7 Å². The summed E-state index contributed by atoms with van der Waals surface area (Å²) in [6.45, 7) is 0.530. The molecule has 0 aliphatic rings. The van der Waals surface area contributed by atoms with Gasteiger partial charge in [0.1, 0.15) is 22.2 Å². The van der Waals surface area contributed by atoms with E-state index in [9.17, 15) is 5.11 Å². The first-order valence-electron chi connectivity index (χ1n) is 7.26. The van der Waals surface area contributed by atoms with Gasteiger partial charge in [0.15, 0.2) is 0 Å². The van der Waals surface area contributed by atoms with E-state index < -0.39 is 6.10 Å². The van der Waals surface area contributed by atoms with Crippen molar-refractivity contribution < 1.29 is 9.84 Å². The number of aromatic nitrogens is 2. The van der Waals surface area contributed by atoms with E-state index in [1.807, 2.05) is 66.2 Å². The van der Waals surface area contributed by atoms with Gasteiger partial charge in [0.05, 0.1) is 12.0 Å². The molecule has 1 N–H and O–H groups in total. The zero-order valence-electron chi connectivity index (χ0n) is 12.7. The van der Waals surface area contributed by atoms with Gasteiger partial charge >= 0.3 is 0 Å². The molecule has 0 bridgehead atoms. The molecule has 0 amide bonds. The summed E-state index contributed by atoms with van der Waals surface area (Å²) in [5.74, 6) is 0.782. The second-order valence-corrected chi connectivity index (χ2v) is 6.30. The molecule has 0 saturated heterocycles. The predicted molar refractivity (Wildman–Crippen MR) is 97.2 cm³/mol. The maximum absolute atomic E-state index is 10.5. The Morgan fingerprint density at radius 1 is 1.13 bits per heavy atom. The number of benzene rings is 2. The van der Waals surface area contributed by atoms with Gasteiger partial charge in [0.25, 0.3) is 0 Å². The molecule has 0 fully saturated rings. The quantitative estimate of drug-likeness (QED) is 0.641. The molecule has 2 aromatic carbocycles. The molecule has 1 atom stereocenters. The summed E-state index contributed by atoms with van der Waals surface area (Å²) < 4.78 is 8.41. The van der Waals surface area contributed by atoms with E-state index in [4.69, 9.17) is 4.74 Å². The van der Waals surface area contributed by atoms with Gasteiger partial charge in [0, 0.05) is 7.05 Å². The number of aliphatic hydroxyl groups is 1. The molecular weight excluding hydrogens is 403 g/mol. The van der Waals surface area contributed by atoms with Crippen molar-refractivity contribution in [1.29, 1.82) is 0 Å². The Bertz CT molecular complexity index is 750. The van der Waals surface area contributed by atoms with Crippen molar-refractivity contribution in [3.63, 3.8) is 0 Å². The lowest BCUT2D eigenvalue weighted by Gasteiger charge is -2.13. The minimum Gasteiger partial charge on any atom is -0.489 e. The van der Waals surface area contributed by atoms with Crippen molar-refractivity contribution in [2.24, 2.45) is 7.05 Å². The van der Waals surface area contributed by atoms with Gasteiger partial charge in [-0.15, -0.1) is 0 Å². The zero-order chi connectivity index (χ0) is 16.2. The van der Waals surface area contributed by atoms with Gasteiger partial charge in [-0.25, -0.2) is 4.98 Å². The lowest BCUT2D eigenvalue weighted by molar-refractivity contribution is 0.210. The van der Waals surface area contributed by atoms with Crippen LogP contribution >= 0.6 is 22.6 Å². The van der Waals surface area contributed by atoms with Gasteiger partial charge in [-0.1, -0.05) is 42.5 Å². The minimum absolute atomic E-state index is 0.530. The molecule has 3 aromatic rings. The second kappa shape index (κ2) is 7.14. The number of hydrogen-bond donors (Lipinski definition) is 1. The van der Waals surface area contributed by atoms with Crippen LogP contribution in [0, 0.1) is 3.70 Å². The van der Waals surface area contributed by atoms with Crippen LogP contribution in [0.15, 0.2) is 60.9 Å². The minimum atomic E-state index is -0.697. The van der Waals surface area contributed by atoms with Gasteiger partial charge in [0.2, 0.25) is 0 Å². The van der Waals surface area contributed by atoms with Crippen LogP contribution in [0.2, 0.25) is 0 Å². The number of hydrogen-bond acceptors (Lipinski definition) is 3. The van der Waals surface area contributed by atoms with Crippen LogP contribution in [0.3, 0.4) is 0 Å². The highest BCUT2D eigenvalue weighted by molar-refractivity contribution is 14.1. The topological polar surface area (TPSA) is 47.3 Å². The third-order valence-electron chi connectivity index (χ3n) is 3.64. The Kier molecular flexibility index (Phi) is 4.97. The fourth-order valence-electron chi connectivity index (χ4n) is 2.36. The Balaban J connectivity index is 1.69. The normalized spacial score (nSPS) is 12.1. The number of rotatable bonds is 5. The summed E-state index contributed by atoms with van der Waals surface area (Å²) in [5, 5.41) is 10.5. The molecule has 3 rings (SSSR count). The summed E-state index contributed by atoms with van der Waals surface area (Å²) in [6.07, 6.45) is 1.01. The molecule has 1 aromatic heterocycles. The van der Waals surface area contributed by atoms with Crippen LogP contribution in [0.4, 0.5) is 0 Å². The molecule has 0 spiro atoms. The Morgan fingerprint density at radius 2 is 1.83 bits per heavy atom. The Hall–Kier alpha value is -1.86. The van der Waals surface area contributed by atoms with E-state index >= 15 is 0 Å². The van der Waals surface area contributed by atoms with E-state index in [1.54, 1.807) is 6.33 Å². The number of nitrogens with zero attached hydrogens (tertiary/aromatic N) is 2. The maximum atomic E-state index is 10.5. The molecule has 0 saturated carbocycles. The molecule has 118 valence electrons. The highest BCUT2D eigenvalue weighted by Gasteiger charge is 2.18. The molecule has 0 radical (unpaired) electrons. The fourth-order valence-corrected chi connectivity index (χ4v) is 3.16. The lowest BCUT2D eigenvalue weighted by Crippen LogP contribution is -2.07. The largest absolute Gasteiger partial charge is 0.489 e. The third kappa shape index (κ3) is 3.73. The molecule has 1 heterocycles. The Morgan fingerprint density at radius 3 is 2.43 bits per heavy atom. The van der Waals surface area contributed by atoms with Crippen LogP contribution in [0.25, 0.3) is 0 Å². The van der Waals surface area contributed by atoms with E-state index in [1.165, 1.54) is 0 Å². The predicted octanol–water partition coefficient (Wildman–Crippen LogP) is 3.69. The standard InChI is InChI=1S/C18H17IN2O2/c1-21-12-20-18(19)16(21)17(22)14-7-9-15(10-8-14)23-11-13-5-3-2-4-6-13/h2-10,12,17,22H,11H2,1H3. The van der Waals surface area contributed by atoms with Crippen molar-refractivity contribution >= 4 is 22.6 Å². The van der Waals surface area contributed by atoms with E-state index in [0.29, 0.717) is 6.61 Å². The van der Waals surface area contributed by atoms with Crippen molar-refractivity contribution in [3.8, 4) is 5.75 Å². The van der Waals surface area contributed by atoms with E-state index in [-0.39, 0.29) is 0 Å². The Labute approximate surface area is 148 Å². The first-order valence-corrected chi connectivity index (χ1v) is 8.34. The highest BCUT2D eigenvalue weighted by Crippen LogP contribution is 2.26. The molecule has 23 heavy (non-hydrogen) atoms. The van der Waals surface area contributed by atoms with Crippen LogP contribution in [0.1, 0.15) is 22.9 Å². The number of aryl methyl sites for hydroxylation is 1. The third-order valence-corrected chi connectivity index (χ3v) is 4.47. The summed E-state index contributed by atoms with van der Waals surface area (Å²) in [4.78, 5) is 4.21. The summed E-state index contributed by atoms with van der Waals surface area (Å²) in [5.41, 5.74) is 2.74. The number of ether oxygens (including phenoxy) is 1. The summed E-state index contributed by atoms with van der Waals surface area (Å²) >= 11 is 2.13. The molecule has 5 heteroatoms. The van der Waals surface area contributed by atoms with Crippen LogP contribution in [-0.4, -0.2) is 14.7 Å². The first kappa shape index (κ1) is 16.0. The monoisotopic (exact) mass is 420 g/mol. The lowest BCUT2D eigenvalue weighted by atomic mass is 10.1. The number of halogens is 1. The second-order valence-electron chi connectivity index (χ2n) is 5.28. The van der Waals surface area contributed by atoms with Crippen molar-refractivity contribution in [2.75, 3.05) is 0 Å². The van der Waals surface area contributed by atoms with Crippen molar-refractivity contribution in [1.82, 2.24) is 9.55 Å². The summed E-state index contributed by atoms with van der Waals surface area (Å²) in [7, 11) is 1.88. The van der Waals surface area contributed by atoms with Crippen LogP contribution in [-0.2, 0) is 13.7 Å². The molecule has 0 aliphatic carbocycles. The number of imidazole rings is 1. The highest BCUT2D eigenvalue weighted by atomic mass is 127. The van der Waals surface area contributed by atoms with Gasteiger partial charge < -0.3 is 14.4 Å². The number of aliphatic hydroxyl groups excluding tert-OH is 1.